The van der Waals surface area contributed by atoms with E-state index in [0.717, 1.165) is 23.9 Å². The Morgan fingerprint density at radius 2 is 2.05 bits per heavy atom. The summed E-state index contributed by atoms with van der Waals surface area (Å²) in [5.41, 5.74) is 2.00. The van der Waals surface area contributed by atoms with Gasteiger partial charge in [0.05, 0.1) is 18.2 Å². The molecule has 0 aliphatic heterocycles. The zero-order valence-corrected chi connectivity index (χ0v) is 11.4. The Morgan fingerprint density at radius 1 is 1.32 bits per heavy atom. The van der Waals surface area contributed by atoms with Crippen LogP contribution in [0.3, 0.4) is 0 Å². The first-order chi connectivity index (χ1) is 9.10. The monoisotopic (exact) mass is 259 g/mol. The molecule has 0 N–H and O–H groups in total. The molecule has 0 aliphatic carbocycles. The van der Waals surface area contributed by atoms with Crippen molar-refractivity contribution in [2.75, 3.05) is 7.11 Å². The Kier molecular flexibility index (Phi) is 3.69. The lowest BCUT2D eigenvalue weighted by Gasteiger charge is -2.08. The van der Waals surface area contributed by atoms with Crippen molar-refractivity contribution < 1.29 is 14.3 Å². The fourth-order valence-corrected chi connectivity index (χ4v) is 2.39. The van der Waals surface area contributed by atoms with E-state index < -0.39 is 5.97 Å². The SMILES string of the molecule is CCCc1cc2cccc(C(=O)OC)c2n1C(C)=O. The molecule has 1 heterocycles. The summed E-state index contributed by atoms with van der Waals surface area (Å²) < 4.78 is 6.40. The van der Waals surface area contributed by atoms with E-state index in [1.165, 1.54) is 14.0 Å². The molecule has 0 amide bonds. The van der Waals surface area contributed by atoms with Crippen LogP contribution < -0.4 is 0 Å². The van der Waals surface area contributed by atoms with Crippen LogP contribution in [-0.2, 0) is 11.2 Å². The summed E-state index contributed by atoms with van der Waals surface area (Å²) in [6.45, 7) is 3.57. The number of aryl methyl sites for hydroxylation is 1. The highest BCUT2D eigenvalue weighted by Crippen LogP contribution is 2.25. The van der Waals surface area contributed by atoms with Gasteiger partial charge < -0.3 is 4.74 Å². The molecule has 0 fully saturated rings. The third-order valence-corrected chi connectivity index (χ3v) is 3.13. The maximum Gasteiger partial charge on any atom is 0.340 e. The first kappa shape index (κ1) is 13.3. The van der Waals surface area contributed by atoms with Crippen LogP contribution in [0.5, 0.6) is 0 Å². The van der Waals surface area contributed by atoms with Crippen molar-refractivity contribution in [3.8, 4) is 0 Å². The minimum absolute atomic E-state index is 0.0881. The van der Waals surface area contributed by atoms with E-state index in [1.54, 1.807) is 16.7 Å². The number of aromatic nitrogens is 1. The minimum atomic E-state index is -0.422. The van der Waals surface area contributed by atoms with E-state index in [4.69, 9.17) is 4.74 Å². The molecule has 1 aromatic carbocycles. The summed E-state index contributed by atoms with van der Waals surface area (Å²) in [5, 5.41) is 0.890. The van der Waals surface area contributed by atoms with E-state index in [9.17, 15) is 9.59 Å². The van der Waals surface area contributed by atoms with Crippen molar-refractivity contribution in [3.63, 3.8) is 0 Å². The average molecular weight is 259 g/mol. The molecule has 0 saturated heterocycles. The number of hydrogen-bond acceptors (Lipinski definition) is 3. The maximum atomic E-state index is 11.9. The third kappa shape index (κ3) is 2.26. The highest BCUT2D eigenvalue weighted by Gasteiger charge is 2.18. The second kappa shape index (κ2) is 5.26. The lowest BCUT2D eigenvalue weighted by atomic mass is 10.1. The molecule has 0 bridgehead atoms. The van der Waals surface area contributed by atoms with Crippen LogP contribution in [0.15, 0.2) is 24.3 Å². The Hall–Kier alpha value is -2.10. The van der Waals surface area contributed by atoms with Gasteiger partial charge in [-0.15, -0.1) is 0 Å². The number of rotatable bonds is 3. The molecule has 1 aromatic heterocycles. The van der Waals surface area contributed by atoms with Gasteiger partial charge in [-0.3, -0.25) is 9.36 Å². The van der Waals surface area contributed by atoms with Gasteiger partial charge in [-0.1, -0.05) is 25.5 Å². The molecule has 4 nitrogen and oxygen atoms in total. The Labute approximate surface area is 112 Å². The van der Waals surface area contributed by atoms with Crippen molar-refractivity contribution in [1.29, 1.82) is 0 Å². The molecule has 0 radical (unpaired) electrons. The van der Waals surface area contributed by atoms with Crippen LogP contribution in [-0.4, -0.2) is 23.6 Å². The smallest absolute Gasteiger partial charge is 0.340 e. The zero-order chi connectivity index (χ0) is 14.0. The van der Waals surface area contributed by atoms with Gasteiger partial charge in [-0.2, -0.15) is 0 Å². The second-order valence-corrected chi connectivity index (χ2v) is 4.48. The standard InChI is InChI=1S/C15H17NO3/c1-4-6-12-9-11-7-5-8-13(15(18)19-3)14(11)16(12)10(2)17/h5,7-9H,4,6H2,1-3H3. The fourth-order valence-electron chi connectivity index (χ4n) is 2.39. The van der Waals surface area contributed by atoms with Gasteiger partial charge in [-0.25, -0.2) is 4.79 Å². The number of fused-ring (bicyclic) bond motifs is 1. The van der Waals surface area contributed by atoms with Gasteiger partial charge in [0.2, 0.25) is 5.91 Å². The summed E-state index contributed by atoms with van der Waals surface area (Å²) in [4.78, 5) is 23.7. The number of carbonyl (C=O) groups is 2. The first-order valence-electron chi connectivity index (χ1n) is 6.32. The summed E-state index contributed by atoms with van der Waals surface area (Å²) in [6, 6.07) is 7.35. The van der Waals surface area contributed by atoms with Crippen molar-refractivity contribution >= 4 is 22.8 Å². The second-order valence-electron chi connectivity index (χ2n) is 4.48. The molecule has 4 heteroatoms. The van der Waals surface area contributed by atoms with E-state index in [-0.39, 0.29) is 5.91 Å². The van der Waals surface area contributed by atoms with Crippen LogP contribution in [0.2, 0.25) is 0 Å². The van der Waals surface area contributed by atoms with E-state index in [2.05, 4.69) is 6.92 Å². The van der Waals surface area contributed by atoms with E-state index >= 15 is 0 Å². The number of methoxy groups -OCH3 is 1. The number of hydrogen-bond donors (Lipinski definition) is 0. The molecule has 100 valence electrons. The molecule has 0 atom stereocenters. The highest BCUT2D eigenvalue weighted by atomic mass is 16.5. The van der Waals surface area contributed by atoms with Gasteiger partial charge in [0, 0.05) is 18.0 Å². The van der Waals surface area contributed by atoms with E-state index in [1.807, 2.05) is 12.1 Å². The van der Waals surface area contributed by atoms with Crippen molar-refractivity contribution in [2.45, 2.75) is 26.7 Å². The number of ether oxygens (including phenoxy) is 1. The predicted molar refractivity (Wildman–Crippen MR) is 73.6 cm³/mol. The van der Waals surface area contributed by atoms with Crippen LogP contribution in [0.4, 0.5) is 0 Å². The molecular weight excluding hydrogens is 242 g/mol. The number of benzene rings is 1. The number of nitrogens with zero attached hydrogens (tertiary/aromatic N) is 1. The van der Waals surface area contributed by atoms with Gasteiger partial charge in [-0.05, 0) is 18.6 Å². The van der Waals surface area contributed by atoms with Gasteiger partial charge in [0.15, 0.2) is 0 Å². The maximum absolute atomic E-state index is 11.9. The quantitative estimate of drug-likeness (QED) is 0.796. The predicted octanol–water partition coefficient (Wildman–Crippen LogP) is 3.04. The van der Waals surface area contributed by atoms with Crippen molar-refractivity contribution in [1.82, 2.24) is 4.57 Å². The summed E-state index contributed by atoms with van der Waals surface area (Å²) in [6.07, 6.45) is 1.74. The normalized spacial score (nSPS) is 10.7. The molecule has 2 aromatic rings. The molecule has 19 heavy (non-hydrogen) atoms. The Bertz CT molecular complexity index is 640. The largest absolute Gasteiger partial charge is 0.465 e. The van der Waals surface area contributed by atoms with Crippen LogP contribution in [0.1, 0.15) is 41.1 Å². The first-order valence-corrected chi connectivity index (χ1v) is 6.32. The Balaban J connectivity index is 2.79. The van der Waals surface area contributed by atoms with E-state index in [0.29, 0.717) is 11.1 Å². The zero-order valence-electron chi connectivity index (χ0n) is 11.4. The molecule has 0 unspecified atom stereocenters. The van der Waals surface area contributed by atoms with Crippen LogP contribution in [0, 0.1) is 0 Å². The Morgan fingerprint density at radius 3 is 2.63 bits per heavy atom. The molecule has 2 rings (SSSR count). The lowest BCUT2D eigenvalue weighted by Crippen LogP contribution is -2.12. The van der Waals surface area contributed by atoms with Crippen LogP contribution in [0.25, 0.3) is 10.9 Å². The number of esters is 1. The highest BCUT2D eigenvalue weighted by molar-refractivity contribution is 6.06. The van der Waals surface area contributed by atoms with Crippen LogP contribution >= 0.6 is 0 Å². The summed E-state index contributed by atoms with van der Waals surface area (Å²) in [7, 11) is 1.34. The molecule has 0 aliphatic rings. The van der Waals surface area contributed by atoms with Crippen molar-refractivity contribution in [2.24, 2.45) is 0 Å². The molecule has 0 spiro atoms. The lowest BCUT2D eigenvalue weighted by molar-refractivity contribution is 0.0602. The molecular formula is C15H17NO3. The topological polar surface area (TPSA) is 48.3 Å². The van der Waals surface area contributed by atoms with Gasteiger partial charge in [0.1, 0.15) is 0 Å². The molecule has 0 saturated carbocycles. The number of carbonyl (C=O) groups excluding carboxylic acids is 2. The minimum Gasteiger partial charge on any atom is -0.465 e. The number of para-hydroxylation sites is 1. The summed E-state index contributed by atoms with van der Waals surface area (Å²) >= 11 is 0. The summed E-state index contributed by atoms with van der Waals surface area (Å²) in [5.74, 6) is -0.510. The fraction of sp³-hybridized carbons (Fsp3) is 0.333. The van der Waals surface area contributed by atoms with Gasteiger partial charge in [0.25, 0.3) is 0 Å². The van der Waals surface area contributed by atoms with Crippen molar-refractivity contribution in [3.05, 3.63) is 35.5 Å². The van der Waals surface area contributed by atoms with Gasteiger partial charge >= 0.3 is 5.97 Å². The third-order valence-electron chi connectivity index (χ3n) is 3.13. The average Bonchev–Trinajstić information content (AvgIpc) is 2.76.